The summed E-state index contributed by atoms with van der Waals surface area (Å²) >= 11 is 0. The third kappa shape index (κ3) is 4.01. The van der Waals surface area contributed by atoms with E-state index in [2.05, 4.69) is 13.8 Å². The minimum Gasteiger partial charge on any atom is -0.494 e. The summed E-state index contributed by atoms with van der Waals surface area (Å²) in [6, 6.07) is 13.2. The van der Waals surface area contributed by atoms with Gasteiger partial charge in [0.05, 0.1) is 6.61 Å². The monoisotopic (exact) mass is 320 g/mol. The molecule has 0 aliphatic heterocycles. The van der Waals surface area contributed by atoms with Crippen LogP contribution in [0, 0.1) is 0 Å². The van der Waals surface area contributed by atoms with E-state index in [1.54, 1.807) is 24.3 Å². The predicted octanol–water partition coefficient (Wildman–Crippen LogP) is 3.98. The van der Waals surface area contributed by atoms with Gasteiger partial charge >= 0.3 is 10.1 Å². The molecule has 22 heavy (non-hydrogen) atoms. The first kappa shape index (κ1) is 16.4. The van der Waals surface area contributed by atoms with E-state index in [9.17, 15) is 8.42 Å². The normalized spacial score (nSPS) is 11.5. The fourth-order valence-electron chi connectivity index (χ4n) is 1.95. The molecule has 0 atom stereocenters. The highest BCUT2D eigenvalue weighted by atomic mass is 32.2. The Balaban J connectivity index is 2.16. The smallest absolute Gasteiger partial charge is 0.339 e. The second-order valence-electron chi connectivity index (χ2n) is 5.17. The summed E-state index contributed by atoms with van der Waals surface area (Å²) in [5.41, 5.74) is 1.13. The molecule has 0 unspecified atom stereocenters. The van der Waals surface area contributed by atoms with Crippen LogP contribution >= 0.6 is 0 Å². The summed E-state index contributed by atoms with van der Waals surface area (Å²) in [7, 11) is -3.83. The lowest BCUT2D eigenvalue weighted by Gasteiger charge is -2.10. The zero-order valence-corrected chi connectivity index (χ0v) is 13.8. The number of ether oxygens (including phenoxy) is 1. The molecule has 0 radical (unpaired) electrons. The van der Waals surface area contributed by atoms with Crippen molar-refractivity contribution >= 4 is 10.1 Å². The van der Waals surface area contributed by atoms with Gasteiger partial charge in [-0.25, -0.2) is 0 Å². The largest absolute Gasteiger partial charge is 0.494 e. The van der Waals surface area contributed by atoms with E-state index in [1.807, 2.05) is 19.1 Å². The maximum Gasteiger partial charge on any atom is 0.339 e. The Morgan fingerprint density at radius 2 is 1.45 bits per heavy atom. The van der Waals surface area contributed by atoms with Gasteiger partial charge < -0.3 is 8.92 Å². The zero-order valence-electron chi connectivity index (χ0n) is 12.9. The molecule has 2 aromatic carbocycles. The highest BCUT2D eigenvalue weighted by molar-refractivity contribution is 7.87. The van der Waals surface area contributed by atoms with E-state index in [0.29, 0.717) is 24.0 Å². The Hall–Kier alpha value is -2.01. The Labute approximate surface area is 131 Å². The van der Waals surface area contributed by atoms with E-state index in [0.717, 1.165) is 5.56 Å². The van der Waals surface area contributed by atoms with E-state index in [4.69, 9.17) is 8.92 Å². The van der Waals surface area contributed by atoms with Crippen LogP contribution in [0.2, 0.25) is 0 Å². The molecule has 118 valence electrons. The molecule has 0 aliphatic carbocycles. The zero-order chi connectivity index (χ0) is 16.2. The van der Waals surface area contributed by atoms with Gasteiger partial charge in [-0.3, -0.25) is 0 Å². The van der Waals surface area contributed by atoms with Gasteiger partial charge in [-0.2, -0.15) is 8.42 Å². The Morgan fingerprint density at radius 1 is 0.909 bits per heavy atom. The summed E-state index contributed by atoms with van der Waals surface area (Å²) in [6.07, 6.45) is 0. The highest BCUT2D eigenvalue weighted by Gasteiger charge is 2.16. The van der Waals surface area contributed by atoms with Gasteiger partial charge in [0.2, 0.25) is 0 Å². The van der Waals surface area contributed by atoms with Gasteiger partial charge in [0.1, 0.15) is 16.4 Å². The molecule has 0 spiro atoms. The molecule has 0 bridgehead atoms. The molecule has 0 fully saturated rings. The maximum absolute atomic E-state index is 12.2. The first-order valence-corrected chi connectivity index (χ1v) is 8.60. The van der Waals surface area contributed by atoms with Crippen molar-refractivity contribution in [2.24, 2.45) is 0 Å². The summed E-state index contributed by atoms with van der Waals surface area (Å²) in [5, 5.41) is 0. The van der Waals surface area contributed by atoms with Gasteiger partial charge in [0.15, 0.2) is 0 Å². The van der Waals surface area contributed by atoms with Crippen LogP contribution in [-0.4, -0.2) is 15.0 Å². The quantitative estimate of drug-likeness (QED) is 0.756. The molecular formula is C17H20O4S. The van der Waals surface area contributed by atoms with E-state index in [1.165, 1.54) is 12.1 Å². The van der Waals surface area contributed by atoms with Crippen LogP contribution in [0.25, 0.3) is 0 Å². The van der Waals surface area contributed by atoms with Crippen molar-refractivity contribution in [3.8, 4) is 11.5 Å². The van der Waals surface area contributed by atoms with E-state index >= 15 is 0 Å². The lowest BCUT2D eigenvalue weighted by molar-refractivity contribution is 0.340. The standard InChI is InChI=1S/C17H20O4S/c1-4-20-15-9-11-17(12-10-15)22(18,19)21-16-7-5-14(6-8-16)13(2)3/h5-13H,4H2,1-3H3. The van der Waals surface area contributed by atoms with Gasteiger partial charge in [-0.1, -0.05) is 26.0 Å². The third-order valence-corrected chi connectivity index (χ3v) is 4.44. The van der Waals surface area contributed by atoms with Crippen molar-refractivity contribution in [3.05, 3.63) is 54.1 Å². The first-order valence-electron chi connectivity index (χ1n) is 7.19. The van der Waals surface area contributed by atoms with Gasteiger partial charge in [0, 0.05) is 0 Å². The Bertz CT molecular complexity index is 701. The topological polar surface area (TPSA) is 52.6 Å². The molecule has 5 heteroatoms. The SMILES string of the molecule is CCOc1ccc(S(=O)(=O)Oc2ccc(C(C)C)cc2)cc1. The molecule has 2 aromatic rings. The maximum atomic E-state index is 12.2. The van der Waals surface area contributed by atoms with Crippen LogP contribution in [0.1, 0.15) is 32.3 Å². The molecular weight excluding hydrogens is 300 g/mol. The van der Waals surface area contributed by atoms with Crippen LogP contribution in [0.4, 0.5) is 0 Å². The van der Waals surface area contributed by atoms with Crippen molar-refractivity contribution in [2.75, 3.05) is 6.61 Å². The van der Waals surface area contributed by atoms with Gasteiger partial charge in [-0.15, -0.1) is 0 Å². The molecule has 4 nitrogen and oxygen atoms in total. The minimum atomic E-state index is -3.83. The fraction of sp³-hybridized carbons (Fsp3) is 0.294. The molecule has 0 N–H and O–H groups in total. The van der Waals surface area contributed by atoms with Crippen molar-refractivity contribution in [3.63, 3.8) is 0 Å². The number of benzene rings is 2. The summed E-state index contributed by atoms with van der Waals surface area (Å²) in [6.45, 7) is 6.55. The van der Waals surface area contributed by atoms with Gasteiger partial charge in [-0.05, 0) is 54.8 Å². The molecule has 0 aromatic heterocycles. The number of hydrogen-bond donors (Lipinski definition) is 0. The lowest BCUT2D eigenvalue weighted by Crippen LogP contribution is -2.09. The minimum absolute atomic E-state index is 0.101. The second kappa shape index (κ2) is 6.83. The van der Waals surface area contributed by atoms with Crippen molar-refractivity contribution in [1.29, 1.82) is 0 Å². The average molecular weight is 320 g/mol. The van der Waals surface area contributed by atoms with Crippen LogP contribution in [0.5, 0.6) is 11.5 Å². The first-order chi connectivity index (χ1) is 10.4. The molecule has 0 heterocycles. The molecule has 0 aliphatic rings. The molecule has 2 rings (SSSR count). The molecule has 0 saturated carbocycles. The number of rotatable bonds is 6. The van der Waals surface area contributed by atoms with E-state index in [-0.39, 0.29) is 4.90 Å². The summed E-state index contributed by atoms with van der Waals surface area (Å²) in [4.78, 5) is 0.101. The van der Waals surface area contributed by atoms with Crippen molar-refractivity contribution in [1.82, 2.24) is 0 Å². The average Bonchev–Trinajstić information content (AvgIpc) is 2.48. The van der Waals surface area contributed by atoms with Gasteiger partial charge in [0.25, 0.3) is 0 Å². The van der Waals surface area contributed by atoms with E-state index < -0.39 is 10.1 Å². The summed E-state index contributed by atoms with van der Waals surface area (Å²) < 4.78 is 34.9. The van der Waals surface area contributed by atoms with Crippen LogP contribution in [0.3, 0.4) is 0 Å². The Kier molecular flexibility index (Phi) is 5.08. The summed E-state index contributed by atoms with van der Waals surface area (Å²) in [5.74, 6) is 1.32. The second-order valence-corrected chi connectivity index (χ2v) is 6.71. The molecule has 0 saturated heterocycles. The predicted molar refractivity (Wildman–Crippen MR) is 86.0 cm³/mol. The van der Waals surface area contributed by atoms with Crippen LogP contribution < -0.4 is 8.92 Å². The van der Waals surface area contributed by atoms with Crippen molar-refractivity contribution < 1.29 is 17.3 Å². The molecule has 0 amide bonds. The lowest BCUT2D eigenvalue weighted by atomic mass is 10.0. The fourth-order valence-corrected chi connectivity index (χ4v) is 2.88. The third-order valence-electron chi connectivity index (χ3n) is 3.18. The Morgan fingerprint density at radius 3 is 1.95 bits per heavy atom. The van der Waals surface area contributed by atoms with Crippen LogP contribution in [0.15, 0.2) is 53.4 Å². The number of hydrogen-bond acceptors (Lipinski definition) is 4. The van der Waals surface area contributed by atoms with Crippen molar-refractivity contribution in [2.45, 2.75) is 31.6 Å². The van der Waals surface area contributed by atoms with Crippen LogP contribution in [-0.2, 0) is 10.1 Å². The highest BCUT2D eigenvalue weighted by Crippen LogP contribution is 2.23.